The van der Waals surface area contributed by atoms with Gasteiger partial charge in [0.2, 0.25) is 0 Å². The zero-order valence-electron chi connectivity index (χ0n) is 11.0. The van der Waals surface area contributed by atoms with E-state index in [2.05, 4.69) is 20.4 Å². The largest absolute Gasteiger partial charge is 0.459 e. The summed E-state index contributed by atoms with van der Waals surface area (Å²) in [7, 11) is 0. The minimum absolute atomic E-state index is 0.0204. The van der Waals surface area contributed by atoms with Crippen LogP contribution in [-0.2, 0) is 9.53 Å². The molecule has 0 aliphatic carbocycles. The van der Waals surface area contributed by atoms with Crippen molar-refractivity contribution >= 4 is 5.97 Å². The van der Waals surface area contributed by atoms with Crippen LogP contribution >= 0.6 is 0 Å². The van der Waals surface area contributed by atoms with E-state index in [1.54, 1.807) is 13.8 Å². The number of hydrogen-bond acceptors (Lipinski definition) is 3. The second-order valence-electron chi connectivity index (χ2n) is 5.24. The summed E-state index contributed by atoms with van der Waals surface area (Å²) in [5, 5.41) is 10.2. The van der Waals surface area contributed by atoms with Crippen molar-refractivity contribution in [3.8, 4) is 0 Å². The molecule has 0 aromatic carbocycles. The van der Waals surface area contributed by atoms with Gasteiger partial charge in [-0.15, -0.1) is 0 Å². The molecule has 0 aromatic heterocycles. The van der Waals surface area contributed by atoms with Gasteiger partial charge >= 0.3 is 5.97 Å². The summed E-state index contributed by atoms with van der Waals surface area (Å²) in [5.74, 6) is 0.153. The molecule has 0 aromatic rings. The fourth-order valence-electron chi connectivity index (χ4n) is 1.44. The van der Waals surface area contributed by atoms with E-state index in [0.717, 1.165) is 6.42 Å². The monoisotopic (exact) mass is 228 g/mol. The quantitative estimate of drug-likeness (QED) is 0.561. The first-order valence-corrected chi connectivity index (χ1v) is 5.71. The highest BCUT2D eigenvalue weighted by molar-refractivity contribution is 5.86. The van der Waals surface area contributed by atoms with E-state index in [1.807, 2.05) is 6.92 Å². The molecule has 1 N–H and O–H groups in total. The van der Waals surface area contributed by atoms with Gasteiger partial charge in [-0.1, -0.05) is 27.4 Å². The predicted molar refractivity (Wildman–Crippen MR) is 65.0 cm³/mol. The third-order valence-corrected chi connectivity index (χ3v) is 2.73. The molecule has 94 valence electrons. The predicted octanol–water partition coefficient (Wildman–Crippen LogP) is 2.54. The summed E-state index contributed by atoms with van der Waals surface area (Å²) in [4.78, 5) is 11.2. The number of hydrogen-bond donors (Lipinski definition) is 1. The Morgan fingerprint density at radius 2 is 1.94 bits per heavy atom. The van der Waals surface area contributed by atoms with E-state index in [1.165, 1.54) is 0 Å². The Morgan fingerprint density at radius 1 is 1.44 bits per heavy atom. The average Bonchev–Trinajstić information content (AvgIpc) is 2.12. The van der Waals surface area contributed by atoms with Crippen LogP contribution in [0.2, 0.25) is 0 Å². The Hall–Kier alpha value is -0.830. The lowest BCUT2D eigenvalue weighted by Gasteiger charge is -2.30. The van der Waals surface area contributed by atoms with Crippen molar-refractivity contribution in [1.82, 2.24) is 0 Å². The Kier molecular flexibility index (Phi) is 5.73. The van der Waals surface area contributed by atoms with Gasteiger partial charge < -0.3 is 9.84 Å². The summed E-state index contributed by atoms with van der Waals surface area (Å²) < 4.78 is 4.98. The molecule has 16 heavy (non-hydrogen) atoms. The van der Waals surface area contributed by atoms with Crippen LogP contribution in [0.4, 0.5) is 0 Å². The second-order valence-corrected chi connectivity index (χ2v) is 5.24. The molecular weight excluding hydrogens is 204 g/mol. The molecule has 0 aliphatic rings. The number of rotatable bonds is 6. The van der Waals surface area contributed by atoms with Gasteiger partial charge in [0.25, 0.3) is 0 Å². The first-order valence-electron chi connectivity index (χ1n) is 5.71. The van der Waals surface area contributed by atoms with Gasteiger partial charge in [0.05, 0.1) is 5.60 Å². The van der Waals surface area contributed by atoms with Crippen LogP contribution < -0.4 is 0 Å². The van der Waals surface area contributed by atoms with Crippen LogP contribution in [-0.4, -0.2) is 23.3 Å². The molecule has 0 bridgehead atoms. The molecule has 0 saturated heterocycles. The lowest BCUT2D eigenvalue weighted by molar-refractivity contribution is -0.149. The lowest BCUT2D eigenvalue weighted by Crippen LogP contribution is -2.39. The summed E-state index contributed by atoms with van der Waals surface area (Å²) >= 11 is 0. The molecule has 0 rings (SSSR count). The molecular formula is C13H24O3. The zero-order chi connectivity index (χ0) is 12.9. The number of carbonyl (C=O) groups is 1. The molecule has 0 heterocycles. The highest BCUT2D eigenvalue weighted by Crippen LogP contribution is 2.24. The van der Waals surface area contributed by atoms with Crippen molar-refractivity contribution in [2.24, 2.45) is 11.8 Å². The molecule has 0 amide bonds. The highest BCUT2D eigenvalue weighted by atomic mass is 16.5. The number of esters is 1. The fourth-order valence-corrected chi connectivity index (χ4v) is 1.44. The Bertz CT molecular complexity index is 254. The van der Waals surface area contributed by atoms with Crippen molar-refractivity contribution in [3.05, 3.63) is 12.2 Å². The van der Waals surface area contributed by atoms with Crippen molar-refractivity contribution in [1.29, 1.82) is 0 Å². The maximum Gasteiger partial charge on any atom is 0.333 e. The van der Waals surface area contributed by atoms with Gasteiger partial charge in [-0.05, 0) is 32.1 Å². The number of aliphatic hydroxyl groups is 1. The molecule has 3 nitrogen and oxygen atoms in total. The first-order chi connectivity index (χ1) is 7.16. The van der Waals surface area contributed by atoms with E-state index in [9.17, 15) is 9.90 Å². The average molecular weight is 228 g/mol. The highest BCUT2D eigenvalue weighted by Gasteiger charge is 2.30. The molecule has 0 radical (unpaired) electrons. The van der Waals surface area contributed by atoms with E-state index in [4.69, 9.17) is 4.74 Å². The van der Waals surface area contributed by atoms with Gasteiger partial charge in [-0.3, -0.25) is 0 Å². The summed E-state index contributed by atoms with van der Waals surface area (Å²) in [5.41, 5.74) is -0.623. The Labute approximate surface area is 98.5 Å². The maximum absolute atomic E-state index is 11.2. The minimum Gasteiger partial charge on any atom is -0.459 e. The van der Waals surface area contributed by atoms with Crippen LogP contribution in [0.15, 0.2) is 12.2 Å². The maximum atomic E-state index is 11.2. The zero-order valence-corrected chi connectivity index (χ0v) is 11.0. The van der Waals surface area contributed by atoms with E-state index < -0.39 is 11.6 Å². The Morgan fingerprint density at radius 3 is 2.31 bits per heavy atom. The first kappa shape index (κ1) is 15.2. The van der Waals surface area contributed by atoms with Gasteiger partial charge in [-0.2, -0.15) is 0 Å². The van der Waals surface area contributed by atoms with Crippen molar-refractivity contribution in [3.63, 3.8) is 0 Å². The normalized spacial score (nSPS) is 16.7. The van der Waals surface area contributed by atoms with Crippen molar-refractivity contribution < 1.29 is 14.6 Å². The molecule has 0 aliphatic heterocycles. The molecule has 0 fully saturated rings. The van der Waals surface area contributed by atoms with Crippen LogP contribution in [0.3, 0.4) is 0 Å². The minimum atomic E-state index is -0.977. The molecule has 3 heteroatoms. The van der Waals surface area contributed by atoms with Crippen LogP contribution in [0.5, 0.6) is 0 Å². The fraction of sp³-hybridized carbons (Fsp3) is 0.769. The van der Waals surface area contributed by atoms with Gasteiger partial charge in [0, 0.05) is 5.57 Å². The Balaban J connectivity index is 4.23. The summed E-state index contributed by atoms with van der Waals surface area (Å²) in [6, 6.07) is 0. The molecule has 2 atom stereocenters. The topological polar surface area (TPSA) is 46.5 Å². The number of ether oxygens (including phenoxy) is 1. The molecule has 0 saturated carbocycles. The smallest absolute Gasteiger partial charge is 0.333 e. The van der Waals surface area contributed by atoms with Crippen LogP contribution in [0.25, 0.3) is 0 Å². The van der Waals surface area contributed by atoms with E-state index in [-0.39, 0.29) is 12.5 Å². The second kappa shape index (κ2) is 6.04. The number of carbonyl (C=O) groups excluding carboxylic acids is 1. The molecule has 2 unspecified atom stereocenters. The van der Waals surface area contributed by atoms with Gasteiger partial charge in [0.15, 0.2) is 0 Å². The van der Waals surface area contributed by atoms with Crippen LogP contribution in [0.1, 0.15) is 41.0 Å². The van der Waals surface area contributed by atoms with Crippen molar-refractivity contribution in [2.75, 3.05) is 6.61 Å². The SMILES string of the molecule is C=C(C)C(=O)OCC(C)(O)C(C)CC(C)C. The molecule has 0 spiro atoms. The van der Waals surface area contributed by atoms with E-state index >= 15 is 0 Å². The third kappa shape index (κ3) is 5.31. The third-order valence-electron chi connectivity index (χ3n) is 2.73. The summed E-state index contributed by atoms with van der Waals surface area (Å²) in [6.45, 7) is 13.0. The van der Waals surface area contributed by atoms with E-state index in [0.29, 0.717) is 11.5 Å². The standard InChI is InChI=1S/C13H24O3/c1-9(2)7-11(5)13(6,15)8-16-12(14)10(3)4/h9,11,15H,3,7-8H2,1-2,4-6H3. The summed E-state index contributed by atoms with van der Waals surface area (Å²) in [6.07, 6.45) is 0.900. The van der Waals surface area contributed by atoms with Gasteiger partial charge in [-0.25, -0.2) is 4.79 Å². The van der Waals surface area contributed by atoms with Crippen molar-refractivity contribution in [2.45, 2.75) is 46.6 Å². The van der Waals surface area contributed by atoms with Crippen LogP contribution in [0, 0.1) is 11.8 Å². The lowest BCUT2D eigenvalue weighted by atomic mass is 9.85. The van der Waals surface area contributed by atoms with Gasteiger partial charge in [0.1, 0.15) is 6.61 Å².